The Balaban J connectivity index is 2.32. The molecule has 0 bridgehead atoms. The van der Waals surface area contributed by atoms with Crippen molar-refractivity contribution in [1.29, 1.82) is 0 Å². The standard InChI is InChI=1S/C10H12Cl3N3O2/c1-9(2-3-9)7(17)6(8(18)10(11,12)13)16-5-14-4-15-16/h4-6,8,18H,2-3H2,1H3. The van der Waals surface area contributed by atoms with Crippen LogP contribution in [-0.4, -0.2) is 35.6 Å². The molecule has 2 unspecified atom stereocenters. The monoisotopic (exact) mass is 311 g/mol. The smallest absolute Gasteiger partial charge is 0.218 e. The fraction of sp³-hybridized carbons (Fsp3) is 0.700. The van der Waals surface area contributed by atoms with E-state index in [2.05, 4.69) is 10.1 Å². The number of aromatic nitrogens is 3. The van der Waals surface area contributed by atoms with Gasteiger partial charge in [0.2, 0.25) is 3.79 Å². The van der Waals surface area contributed by atoms with E-state index in [4.69, 9.17) is 34.8 Å². The van der Waals surface area contributed by atoms with Crippen molar-refractivity contribution in [1.82, 2.24) is 14.8 Å². The molecule has 8 heteroatoms. The number of rotatable bonds is 4. The predicted octanol–water partition coefficient (Wildman–Crippen LogP) is 1.92. The largest absolute Gasteiger partial charge is 0.386 e. The summed E-state index contributed by atoms with van der Waals surface area (Å²) in [5.74, 6) is -0.188. The van der Waals surface area contributed by atoms with Crippen LogP contribution in [0.3, 0.4) is 0 Å². The number of alkyl halides is 3. The Morgan fingerprint density at radius 2 is 2.11 bits per heavy atom. The lowest BCUT2D eigenvalue weighted by molar-refractivity contribution is -0.130. The molecule has 0 aromatic carbocycles. The second kappa shape index (κ2) is 4.63. The normalized spacial score (nSPS) is 21.4. The van der Waals surface area contributed by atoms with Gasteiger partial charge in [0, 0.05) is 5.41 Å². The van der Waals surface area contributed by atoms with Crippen molar-refractivity contribution >= 4 is 40.6 Å². The molecule has 2 atom stereocenters. The molecule has 100 valence electrons. The lowest BCUT2D eigenvalue weighted by atomic mass is 9.94. The van der Waals surface area contributed by atoms with Crippen molar-refractivity contribution in [3.63, 3.8) is 0 Å². The highest BCUT2D eigenvalue weighted by Crippen LogP contribution is 2.50. The van der Waals surface area contributed by atoms with Gasteiger partial charge in [-0.05, 0) is 12.8 Å². The van der Waals surface area contributed by atoms with Gasteiger partial charge in [0.25, 0.3) is 0 Å². The molecule has 1 aliphatic carbocycles. The second-order valence-corrected chi connectivity index (χ2v) is 7.10. The molecule has 1 heterocycles. The number of aliphatic hydroxyl groups excluding tert-OH is 1. The van der Waals surface area contributed by atoms with Crippen LogP contribution in [0.4, 0.5) is 0 Å². The Morgan fingerprint density at radius 3 is 2.50 bits per heavy atom. The summed E-state index contributed by atoms with van der Waals surface area (Å²) in [6, 6.07) is -1.03. The first-order chi connectivity index (χ1) is 8.26. The molecule has 0 aliphatic heterocycles. The molecule has 0 saturated heterocycles. The van der Waals surface area contributed by atoms with Crippen molar-refractivity contribution in [2.45, 2.75) is 35.7 Å². The zero-order valence-electron chi connectivity index (χ0n) is 9.55. The fourth-order valence-electron chi connectivity index (χ4n) is 1.74. The Bertz CT molecular complexity index is 440. The number of ketones is 1. The topological polar surface area (TPSA) is 68.0 Å². The molecular weight excluding hydrogens is 300 g/mol. The van der Waals surface area contributed by atoms with Crippen LogP contribution in [0.2, 0.25) is 0 Å². The molecule has 0 radical (unpaired) electrons. The van der Waals surface area contributed by atoms with E-state index in [1.165, 1.54) is 17.3 Å². The Morgan fingerprint density at radius 1 is 1.50 bits per heavy atom. The van der Waals surface area contributed by atoms with Gasteiger partial charge < -0.3 is 5.11 Å². The molecule has 0 amide bonds. The first kappa shape index (κ1) is 14.1. The van der Waals surface area contributed by atoms with Crippen LogP contribution in [0.15, 0.2) is 12.7 Å². The van der Waals surface area contributed by atoms with Crippen molar-refractivity contribution in [2.24, 2.45) is 5.41 Å². The highest BCUT2D eigenvalue weighted by molar-refractivity contribution is 6.68. The van der Waals surface area contributed by atoms with Gasteiger partial charge in [0.05, 0.1) is 0 Å². The van der Waals surface area contributed by atoms with Crippen molar-refractivity contribution in [3.05, 3.63) is 12.7 Å². The number of Topliss-reactive ketones (excluding diaryl/α,β-unsaturated/α-hetero) is 1. The van der Waals surface area contributed by atoms with Gasteiger partial charge in [0.15, 0.2) is 5.78 Å². The summed E-state index contributed by atoms with van der Waals surface area (Å²) in [6.45, 7) is 1.82. The predicted molar refractivity (Wildman–Crippen MR) is 67.7 cm³/mol. The summed E-state index contributed by atoms with van der Waals surface area (Å²) in [7, 11) is 0. The first-order valence-corrected chi connectivity index (χ1v) is 6.52. The number of hydrogen-bond donors (Lipinski definition) is 1. The average Bonchev–Trinajstić information content (AvgIpc) is 2.81. The second-order valence-electron chi connectivity index (χ2n) is 4.73. The summed E-state index contributed by atoms with van der Waals surface area (Å²) in [5.41, 5.74) is -0.465. The lowest BCUT2D eigenvalue weighted by Gasteiger charge is -2.28. The van der Waals surface area contributed by atoms with E-state index in [0.717, 1.165) is 12.8 Å². The molecule has 0 spiro atoms. The average molecular weight is 313 g/mol. The van der Waals surface area contributed by atoms with Crippen molar-refractivity contribution in [2.75, 3.05) is 0 Å². The van der Waals surface area contributed by atoms with Crippen LogP contribution in [0.25, 0.3) is 0 Å². The van der Waals surface area contributed by atoms with E-state index in [-0.39, 0.29) is 5.78 Å². The van der Waals surface area contributed by atoms with E-state index in [9.17, 15) is 9.90 Å². The maximum Gasteiger partial charge on any atom is 0.218 e. The minimum atomic E-state index is -1.96. The van der Waals surface area contributed by atoms with Crippen LogP contribution in [0.1, 0.15) is 25.8 Å². The Kier molecular flexibility index (Phi) is 3.62. The maximum absolute atomic E-state index is 12.4. The fourth-order valence-corrected chi connectivity index (χ4v) is 2.10. The minimum absolute atomic E-state index is 0.188. The summed E-state index contributed by atoms with van der Waals surface area (Å²) < 4.78 is -0.726. The zero-order valence-corrected chi connectivity index (χ0v) is 11.8. The van der Waals surface area contributed by atoms with Crippen molar-refractivity contribution in [3.8, 4) is 0 Å². The quantitative estimate of drug-likeness (QED) is 0.863. The van der Waals surface area contributed by atoms with Gasteiger partial charge >= 0.3 is 0 Å². The maximum atomic E-state index is 12.4. The molecule has 1 aromatic heterocycles. The van der Waals surface area contributed by atoms with Crippen LogP contribution >= 0.6 is 34.8 Å². The van der Waals surface area contributed by atoms with E-state index in [1.54, 1.807) is 0 Å². The highest BCUT2D eigenvalue weighted by Gasteiger charge is 2.53. The van der Waals surface area contributed by atoms with E-state index in [1.807, 2.05) is 6.92 Å². The number of aliphatic hydroxyl groups is 1. The van der Waals surface area contributed by atoms with Crippen LogP contribution < -0.4 is 0 Å². The van der Waals surface area contributed by atoms with E-state index >= 15 is 0 Å². The van der Waals surface area contributed by atoms with Gasteiger partial charge in [0.1, 0.15) is 24.8 Å². The summed E-state index contributed by atoms with van der Waals surface area (Å²) in [6.07, 6.45) is 2.65. The third-order valence-electron chi connectivity index (χ3n) is 3.22. The summed E-state index contributed by atoms with van der Waals surface area (Å²) in [5, 5.41) is 13.9. The summed E-state index contributed by atoms with van der Waals surface area (Å²) in [4.78, 5) is 16.1. The van der Waals surface area contributed by atoms with Gasteiger partial charge in [-0.2, -0.15) is 5.10 Å². The molecule has 1 N–H and O–H groups in total. The lowest BCUT2D eigenvalue weighted by Crippen LogP contribution is -2.42. The van der Waals surface area contributed by atoms with Gasteiger partial charge in [-0.15, -0.1) is 0 Å². The molecular formula is C10H12Cl3N3O2. The number of carbonyl (C=O) groups is 1. The third kappa shape index (κ3) is 2.64. The Labute approximate surface area is 119 Å². The van der Waals surface area contributed by atoms with Crippen LogP contribution in [-0.2, 0) is 4.79 Å². The number of carbonyl (C=O) groups excluding carboxylic acids is 1. The molecule has 18 heavy (non-hydrogen) atoms. The van der Waals surface area contributed by atoms with E-state index < -0.39 is 21.4 Å². The molecule has 1 aliphatic rings. The van der Waals surface area contributed by atoms with Crippen LogP contribution in [0, 0.1) is 5.41 Å². The molecule has 1 aromatic rings. The highest BCUT2D eigenvalue weighted by atomic mass is 35.6. The van der Waals surface area contributed by atoms with Crippen molar-refractivity contribution < 1.29 is 9.90 Å². The molecule has 1 saturated carbocycles. The minimum Gasteiger partial charge on any atom is -0.386 e. The van der Waals surface area contributed by atoms with Gasteiger partial charge in [-0.1, -0.05) is 41.7 Å². The molecule has 2 rings (SSSR count). The SMILES string of the molecule is CC1(C(=O)C(C(O)C(Cl)(Cl)Cl)n2cncn2)CC1. The Hall–Kier alpha value is -0.360. The van der Waals surface area contributed by atoms with Gasteiger partial charge in [-0.25, -0.2) is 9.67 Å². The van der Waals surface area contributed by atoms with Gasteiger partial charge in [-0.3, -0.25) is 4.79 Å². The van der Waals surface area contributed by atoms with E-state index in [0.29, 0.717) is 0 Å². The molecule has 5 nitrogen and oxygen atoms in total. The first-order valence-electron chi connectivity index (χ1n) is 5.39. The zero-order chi connectivity index (χ0) is 13.6. The number of halogens is 3. The molecule has 1 fully saturated rings. The van der Waals surface area contributed by atoms with Crippen LogP contribution in [0.5, 0.6) is 0 Å². The number of nitrogens with zero attached hydrogens (tertiary/aromatic N) is 3. The summed E-state index contributed by atoms with van der Waals surface area (Å²) >= 11 is 17.0. The number of hydrogen-bond acceptors (Lipinski definition) is 4. The third-order valence-corrected chi connectivity index (χ3v) is 3.89.